The molecule has 0 spiro atoms. The van der Waals surface area contributed by atoms with Gasteiger partial charge >= 0.3 is 0 Å². The molecule has 1 amide bonds. The summed E-state index contributed by atoms with van der Waals surface area (Å²) in [6, 6.07) is 12.6. The number of ether oxygens (including phenoxy) is 1. The summed E-state index contributed by atoms with van der Waals surface area (Å²) in [7, 11) is 1.54. The fourth-order valence-electron chi connectivity index (χ4n) is 1.97. The van der Waals surface area contributed by atoms with E-state index in [1.807, 2.05) is 12.1 Å². The summed E-state index contributed by atoms with van der Waals surface area (Å²) in [6.07, 6.45) is 0.931. The van der Waals surface area contributed by atoms with Crippen LogP contribution in [0.4, 0.5) is 5.69 Å². The summed E-state index contributed by atoms with van der Waals surface area (Å²) in [5, 5.41) is 6.22. The molecule has 23 heavy (non-hydrogen) atoms. The van der Waals surface area contributed by atoms with Crippen LogP contribution in [0.2, 0.25) is 5.02 Å². The zero-order chi connectivity index (χ0) is 16.8. The Bertz CT molecular complexity index is 717. The Kier molecular flexibility index (Phi) is 5.96. The number of hydrogen-bond donors (Lipinski definition) is 2. The Labute approximate surface area is 145 Å². The molecule has 120 valence electrons. The zero-order valence-electron chi connectivity index (χ0n) is 12.9. The van der Waals surface area contributed by atoms with Gasteiger partial charge in [-0.2, -0.15) is 0 Å². The first-order chi connectivity index (χ1) is 11.0. The first kappa shape index (κ1) is 17.2. The van der Waals surface area contributed by atoms with Crippen molar-refractivity contribution in [1.29, 1.82) is 0 Å². The van der Waals surface area contributed by atoms with E-state index in [0.717, 1.165) is 6.42 Å². The average molecular weight is 349 g/mol. The van der Waals surface area contributed by atoms with Gasteiger partial charge in [0.05, 0.1) is 12.1 Å². The molecule has 2 rings (SSSR count). The van der Waals surface area contributed by atoms with E-state index < -0.39 is 0 Å². The number of halogens is 1. The molecule has 2 aromatic carbocycles. The van der Waals surface area contributed by atoms with Crippen LogP contribution in [0.15, 0.2) is 42.5 Å². The van der Waals surface area contributed by atoms with Crippen LogP contribution in [0.3, 0.4) is 0 Å². The summed E-state index contributed by atoms with van der Waals surface area (Å²) in [5.74, 6) is 0.313. The number of carbonyl (C=O) groups excluding carboxylic acids is 1. The summed E-state index contributed by atoms with van der Waals surface area (Å²) in [6.45, 7) is 2.06. The molecule has 0 aliphatic rings. The predicted octanol–water partition coefficient (Wildman–Crippen LogP) is 4.04. The molecule has 2 N–H and O–H groups in total. The molecule has 0 aromatic heterocycles. The Morgan fingerprint density at radius 2 is 1.91 bits per heavy atom. The van der Waals surface area contributed by atoms with Crippen LogP contribution >= 0.6 is 23.8 Å². The Hall–Kier alpha value is -2.11. The molecule has 0 aliphatic heterocycles. The number of amides is 1. The van der Waals surface area contributed by atoms with Crippen molar-refractivity contribution >= 4 is 40.5 Å². The van der Waals surface area contributed by atoms with Crippen molar-refractivity contribution in [2.75, 3.05) is 12.4 Å². The lowest BCUT2D eigenvalue weighted by Gasteiger charge is -2.11. The van der Waals surface area contributed by atoms with Crippen molar-refractivity contribution in [3.63, 3.8) is 0 Å². The molecule has 0 bridgehead atoms. The SMILES string of the molecule is CCc1ccc(C(=O)NC(=S)Nc2ccc(OC)c(Cl)c2)cc1. The topological polar surface area (TPSA) is 50.4 Å². The highest BCUT2D eigenvalue weighted by Crippen LogP contribution is 2.27. The van der Waals surface area contributed by atoms with Crippen LogP contribution in [0, 0.1) is 0 Å². The van der Waals surface area contributed by atoms with Crippen LogP contribution in [0.1, 0.15) is 22.8 Å². The van der Waals surface area contributed by atoms with Crippen LogP contribution in [-0.2, 0) is 6.42 Å². The standard InChI is InChI=1S/C17H17ClN2O2S/c1-3-11-4-6-12(7-5-11)16(21)20-17(23)19-13-8-9-15(22-2)14(18)10-13/h4-10H,3H2,1-2H3,(H2,19,20,21,23). The van der Waals surface area contributed by atoms with Gasteiger partial charge in [0.2, 0.25) is 0 Å². The fraction of sp³-hybridized carbons (Fsp3) is 0.176. The van der Waals surface area contributed by atoms with E-state index >= 15 is 0 Å². The van der Waals surface area contributed by atoms with E-state index in [4.69, 9.17) is 28.6 Å². The monoisotopic (exact) mass is 348 g/mol. The van der Waals surface area contributed by atoms with Crippen LogP contribution in [0.25, 0.3) is 0 Å². The number of nitrogens with one attached hydrogen (secondary N) is 2. The number of anilines is 1. The zero-order valence-corrected chi connectivity index (χ0v) is 14.4. The number of methoxy groups -OCH3 is 1. The normalized spacial score (nSPS) is 10.0. The molecule has 0 saturated heterocycles. The first-order valence-corrected chi connectivity index (χ1v) is 7.87. The molecular weight excluding hydrogens is 332 g/mol. The maximum Gasteiger partial charge on any atom is 0.257 e. The minimum Gasteiger partial charge on any atom is -0.495 e. The number of thiocarbonyl (C=S) groups is 1. The number of benzene rings is 2. The van der Waals surface area contributed by atoms with E-state index in [1.165, 1.54) is 5.56 Å². The molecule has 0 atom stereocenters. The Morgan fingerprint density at radius 1 is 1.22 bits per heavy atom. The van der Waals surface area contributed by atoms with Crippen molar-refractivity contribution < 1.29 is 9.53 Å². The van der Waals surface area contributed by atoms with Gasteiger partial charge < -0.3 is 10.1 Å². The van der Waals surface area contributed by atoms with Gasteiger partial charge in [-0.3, -0.25) is 10.1 Å². The van der Waals surface area contributed by atoms with Crippen molar-refractivity contribution in [3.8, 4) is 5.75 Å². The third-order valence-corrected chi connectivity index (χ3v) is 3.76. The lowest BCUT2D eigenvalue weighted by molar-refractivity contribution is 0.0977. The first-order valence-electron chi connectivity index (χ1n) is 7.08. The minimum atomic E-state index is -0.259. The van der Waals surface area contributed by atoms with Gasteiger partial charge in [0, 0.05) is 11.3 Å². The van der Waals surface area contributed by atoms with Crippen LogP contribution < -0.4 is 15.4 Å². The minimum absolute atomic E-state index is 0.204. The van der Waals surface area contributed by atoms with Gasteiger partial charge in [-0.05, 0) is 54.5 Å². The molecule has 0 aliphatic carbocycles. The number of aryl methyl sites for hydroxylation is 1. The molecule has 4 nitrogen and oxygen atoms in total. The average Bonchev–Trinajstić information content (AvgIpc) is 2.55. The second-order valence-electron chi connectivity index (χ2n) is 4.81. The van der Waals surface area contributed by atoms with E-state index in [0.29, 0.717) is 22.0 Å². The van der Waals surface area contributed by atoms with E-state index in [-0.39, 0.29) is 11.0 Å². The van der Waals surface area contributed by atoms with Gasteiger partial charge in [-0.1, -0.05) is 30.7 Å². The van der Waals surface area contributed by atoms with Crippen molar-refractivity contribution in [1.82, 2.24) is 5.32 Å². The van der Waals surface area contributed by atoms with E-state index in [2.05, 4.69) is 17.6 Å². The van der Waals surface area contributed by atoms with Gasteiger partial charge in [-0.15, -0.1) is 0 Å². The Morgan fingerprint density at radius 3 is 2.48 bits per heavy atom. The summed E-state index contributed by atoms with van der Waals surface area (Å²) in [5.41, 5.74) is 2.40. The highest BCUT2D eigenvalue weighted by Gasteiger charge is 2.09. The number of carbonyl (C=O) groups is 1. The molecule has 0 heterocycles. The van der Waals surface area contributed by atoms with Crippen LogP contribution in [-0.4, -0.2) is 18.1 Å². The molecule has 6 heteroatoms. The Balaban J connectivity index is 1.98. The third-order valence-electron chi connectivity index (χ3n) is 3.26. The molecule has 0 fully saturated rings. The molecule has 0 saturated carbocycles. The van der Waals surface area contributed by atoms with Gasteiger partial charge in [0.1, 0.15) is 5.75 Å². The quantitative estimate of drug-likeness (QED) is 0.819. The third kappa shape index (κ3) is 4.68. The van der Waals surface area contributed by atoms with Crippen molar-refractivity contribution in [2.24, 2.45) is 0 Å². The molecule has 0 radical (unpaired) electrons. The summed E-state index contributed by atoms with van der Waals surface area (Å²) >= 11 is 11.2. The molecule has 0 unspecified atom stereocenters. The lowest BCUT2D eigenvalue weighted by atomic mass is 10.1. The summed E-state index contributed by atoms with van der Waals surface area (Å²) < 4.78 is 5.08. The number of rotatable bonds is 4. The van der Waals surface area contributed by atoms with E-state index in [9.17, 15) is 4.79 Å². The van der Waals surface area contributed by atoms with Gasteiger partial charge in [0.25, 0.3) is 5.91 Å². The van der Waals surface area contributed by atoms with E-state index in [1.54, 1.807) is 37.4 Å². The van der Waals surface area contributed by atoms with Crippen molar-refractivity contribution in [2.45, 2.75) is 13.3 Å². The second-order valence-corrected chi connectivity index (χ2v) is 5.62. The lowest BCUT2D eigenvalue weighted by Crippen LogP contribution is -2.34. The molecular formula is C17H17ClN2O2S. The maximum atomic E-state index is 12.1. The molecule has 2 aromatic rings. The largest absolute Gasteiger partial charge is 0.495 e. The van der Waals surface area contributed by atoms with Crippen LogP contribution in [0.5, 0.6) is 5.75 Å². The maximum absolute atomic E-state index is 12.1. The highest BCUT2D eigenvalue weighted by molar-refractivity contribution is 7.80. The number of hydrogen-bond acceptors (Lipinski definition) is 3. The van der Waals surface area contributed by atoms with Gasteiger partial charge in [-0.25, -0.2) is 0 Å². The van der Waals surface area contributed by atoms with Gasteiger partial charge in [0.15, 0.2) is 5.11 Å². The highest BCUT2D eigenvalue weighted by atomic mass is 35.5. The second kappa shape index (κ2) is 7.94. The summed E-state index contributed by atoms with van der Waals surface area (Å²) in [4.78, 5) is 12.1. The smallest absolute Gasteiger partial charge is 0.257 e. The van der Waals surface area contributed by atoms with Crippen molar-refractivity contribution in [3.05, 3.63) is 58.6 Å². The predicted molar refractivity (Wildman–Crippen MR) is 97.5 cm³/mol. The fourth-order valence-corrected chi connectivity index (χ4v) is 2.44.